The molecule has 1 amide bonds. The van der Waals surface area contributed by atoms with E-state index in [0.29, 0.717) is 18.8 Å². The van der Waals surface area contributed by atoms with Crippen LogP contribution in [0.1, 0.15) is 72.1 Å². The number of Topliss-reactive ketones (excluding diaryl/α,β-unsaturated/α-hetero) is 1. The third kappa shape index (κ3) is 3.80. The lowest BCUT2D eigenvalue weighted by molar-refractivity contribution is -0.143. The number of ether oxygens (including phenoxy) is 1. The van der Waals surface area contributed by atoms with Crippen LogP contribution in [0.3, 0.4) is 0 Å². The summed E-state index contributed by atoms with van der Waals surface area (Å²) in [6, 6.07) is 5.52. The number of carbonyl (C=O) groups excluding carboxylic acids is 2. The van der Waals surface area contributed by atoms with E-state index in [1.807, 2.05) is 17.0 Å². The third-order valence-electron chi connectivity index (χ3n) is 5.74. The third-order valence-corrected chi connectivity index (χ3v) is 5.74. The number of aromatic nitrogens is 1. The molecule has 0 saturated carbocycles. The summed E-state index contributed by atoms with van der Waals surface area (Å²) in [6.07, 6.45) is 3.72. The quantitative estimate of drug-likeness (QED) is 0.725. The molecule has 0 unspecified atom stereocenters. The van der Waals surface area contributed by atoms with Crippen molar-refractivity contribution in [1.29, 1.82) is 0 Å². The molecule has 0 bridgehead atoms. The standard InChI is InChI=1S/C23H32N2O3.H2/c1-6-7-8-22(27)25-20(15(4)26)13-18-17-10-9-16(28-5)12-19(17)24-23(18)21(25)11-14(2)3;/h9-10,12,14,20-21,24H,6-8,11,13H2,1-5H3;1H/t20-,21-;/m0./s1. The van der Waals surface area contributed by atoms with Crippen LogP contribution in [-0.2, 0) is 16.0 Å². The molecule has 1 aromatic carbocycles. The number of fused-ring (bicyclic) bond motifs is 3. The number of amides is 1. The zero-order valence-corrected chi connectivity index (χ0v) is 17.7. The predicted molar refractivity (Wildman–Crippen MR) is 114 cm³/mol. The first-order chi connectivity index (χ1) is 13.4. The first-order valence-corrected chi connectivity index (χ1v) is 10.4. The van der Waals surface area contributed by atoms with Crippen LogP contribution < -0.4 is 4.74 Å². The number of benzene rings is 1. The Balaban J connectivity index is 0.00000300. The van der Waals surface area contributed by atoms with Gasteiger partial charge in [-0.25, -0.2) is 0 Å². The minimum Gasteiger partial charge on any atom is -0.497 e. The molecule has 1 aliphatic heterocycles. The number of carbonyl (C=O) groups is 2. The molecular weight excluding hydrogens is 352 g/mol. The molecule has 1 aromatic heterocycles. The molecule has 0 spiro atoms. The van der Waals surface area contributed by atoms with Gasteiger partial charge in [0.05, 0.1) is 19.2 Å². The fourth-order valence-corrected chi connectivity index (χ4v) is 4.36. The average Bonchev–Trinajstić information content (AvgIpc) is 3.03. The molecule has 0 fully saturated rings. The fraction of sp³-hybridized carbons (Fsp3) is 0.565. The molecule has 2 atom stereocenters. The van der Waals surface area contributed by atoms with Gasteiger partial charge in [0, 0.05) is 36.9 Å². The van der Waals surface area contributed by atoms with Gasteiger partial charge in [-0.05, 0) is 43.4 Å². The van der Waals surface area contributed by atoms with Gasteiger partial charge in [-0.2, -0.15) is 0 Å². The van der Waals surface area contributed by atoms with Crippen molar-refractivity contribution in [3.63, 3.8) is 0 Å². The molecular formula is C23H34N2O3. The summed E-state index contributed by atoms with van der Waals surface area (Å²) in [5, 5.41) is 1.12. The number of unbranched alkanes of at least 4 members (excludes halogenated alkanes) is 1. The number of nitrogens with one attached hydrogen (secondary N) is 1. The Bertz CT molecular complexity index is 874. The Morgan fingerprint density at radius 3 is 2.71 bits per heavy atom. The number of hydrogen-bond acceptors (Lipinski definition) is 3. The number of rotatable bonds is 7. The number of hydrogen-bond donors (Lipinski definition) is 1. The molecule has 0 aliphatic carbocycles. The smallest absolute Gasteiger partial charge is 0.223 e. The van der Waals surface area contributed by atoms with Crippen molar-refractivity contribution in [2.24, 2.45) is 5.92 Å². The average molecular weight is 387 g/mol. The largest absolute Gasteiger partial charge is 0.497 e. The van der Waals surface area contributed by atoms with Crippen LogP contribution >= 0.6 is 0 Å². The van der Waals surface area contributed by atoms with Gasteiger partial charge >= 0.3 is 0 Å². The minimum absolute atomic E-state index is 0. The molecule has 2 aromatic rings. The Morgan fingerprint density at radius 2 is 2.11 bits per heavy atom. The van der Waals surface area contributed by atoms with Crippen LogP contribution in [0.25, 0.3) is 10.9 Å². The van der Waals surface area contributed by atoms with Crippen molar-refractivity contribution in [3.05, 3.63) is 29.5 Å². The molecule has 5 nitrogen and oxygen atoms in total. The van der Waals surface area contributed by atoms with E-state index in [0.717, 1.165) is 41.6 Å². The summed E-state index contributed by atoms with van der Waals surface area (Å²) in [5.41, 5.74) is 3.26. The van der Waals surface area contributed by atoms with Crippen molar-refractivity contribution >= 4 is 22.6 Å². The summed E-state index contributed by atoms with van der Waals surface area (Å²) in [4.78, 5) is 31.1. The molecule has 154 valence electrons. The lowest BCUT2D eigenvalue weighted by Crippen LogP contribution is -2.50. The Morgan fingerprint density at radius 1 is 1.36 bits per heavy atom. The van der Waals surface area contributed by atoms with E-state index in [4.69, 9.17) is 4.74 Å². The number of ketones is 1. The maximum Gasteiger partial charge on any atom is 0.223 e. The molecule has 5 heteroatoms. The number of nitrogens with zero attached hydrogens (tertiary/aromatic N) is 1. The van der Waals surface area contributed by atoms with Crippen molar-refractivity contribution < 1.29 is 15.8 Å². The van der Waals surface area contributed by atoms with Crippen LogP contribution in [0.4, 0.5) is 0 Å². The highest BCUT2D eigenvalue weighted by molar-refractivity contribution is 5.92. The van der Waals surface area contributed by atoms with Crippen LogP contribution in [0.2, 0.25) is 0 Å². The molecule has 0 saturated heterocycles. The SMILES string of the molecule is CCCCC(=O)N1[C@H](C(C)=O)Cc2c([nH]c3cc(OC)ccc23)[C@@H]1CC(C)C.[HH]. The van der Waals surface area contributed by atoms with Gasteiger partial charge in [0.1, 0.15) is 5.75 Å². The lowest BCUT2D eigenvalue weighted by Gasteiger charge is -2.42. The summed E-state index contributed by atoms with van der Waals surface area (Å²) < 4.78 is 5.37. The monoisotopic (exact) mass is 386 g/mol. The van der Waals surface area contributed by atoms with E-state index in [-0.39, 0.29) is 25.2 Å². The van der Waals surface area contributed by atoms with Crippen LogP contribution in [0, 0.1) is 5.92 Å². The highest BCUT2D eigenvalue weighted by atomic mass is 16.5. The molecule has 2 heterocycles. The Kier molecular flexibility index (Phi) is 6.11. The molecule has 28 heavy (non-hydrogen) atoms. The van der Waals surface area contributed by atoms with Crippen molar-refractivity contribution in [2.45, 2.75) is 71.9 Å². The number of aromatic amines is 1. The summed E-state index contributed by atoms with van der Waals surface area (Å²) in [6.45, 7) is 8.02. The summed E-state index contributed by atoms with van der Waals surface area (Å²) >= 11 is 0. The van der Waals surface area contributed by atoms with Crippen molar-refractivity contribution in [2.75, 3.05) is 7.11 Å². The minimum atomic E-state index is -0.387. The number of H-pyrrole nitrogens is 1. The van der Waals surface area contributed by atoms with Gasteiger partial charge in [0.25, 0.3) is 0 Å². The maximum absolute atomic E-state index is 13.1. The molecule has 1 N–H and O–H groups in total. The molecule has 3 rings (SSSR count). The normalized spacial score (nSPS) is 19.1. The van der Waals surface area contributed by atoms with Crippen LogP contribution in [0.15, 0.2) is 18.2 Å². The van der Waals surface area contributed by atoms with Gasteiger partial charge in [-0.15, -0.1) is 0 Å². The van der Waals surface area contributed by atoms with Gasteiger partial charge in [-0.3, -0.25) is 9.59 Å². The first kappa shape index (κ1) is 20.4. The van der Waals surface area contributed by atoms with Gasteiger partial charge in [0.2, 0.25) is 5.91 Å². The second-order valence-corrected chi connectivity index (χ2v) is 8.31. The van der Waals surface area contributed by atoms with Crippen LogP contribution in [-0.4, -0.2) is 34.7 Å². The molecule has 1 aliphatic rings. The van der Waals surface area contributed by atoms with E-state index in [1.165, 1.54) is 5.56 Å². The highest BCUT2D eigenvalue weighted by Crippen LogP contribution is 2.41. The Labute approximate surface area is 168 Å². The zero-order valence-electron chi connectivity index (χ0n) is 17.7. The van der Waals surface area contributed by atoms with Crippen LogP contribution in [0.5, 0.6) is 5.75 Å². The zero-order chi connectivity index (χ0) is 20.4. The van der Waals surface area contributed by atoms with Crippen molar-refractivity contribution in [3.8, 4) is 5.75 Å². The summed E-state index contributed by atoms with van der Waals surface area (Å²) in [7, 11) is 1.66. The fourth-order valence-electron chi connectivity index (χ4n) is 4.36. The van der Waals surface area contributed by atoms with E-state index in [1.54, 1.807) is 14.0 Å². The van der Waals surface area contributed by atoms with E-state index in [2.05, 4.69) is 31.8 Å². The van der Waals surface area contributed by atoms with E-state index < -0.39 is 0 Å². The first-order valence-electron chi connectivity index (χ1n) is 10.4. The second-order valence-electron chi connectivity index (χ2n) is 8.31. The lowest BCUT2D eigenvalue weighted by atomic mass is 9.86. The van der Waals surface area contributed by atoms with Gasteiger partial charge < -0.3 is 14.6 Å². The Hall–Kier alpha value is -2.30. The maximum atomic E-state index is 13.1. The van der Waals surface area contributed by atoms with E-state index >= 15 is 0 Å². The highest BCUT2D eigenvalue weighted by Gasteiger charge is 2.41. The second kappa shape index (κ2) is 8.38. The van der Waals surface area contributed by atoms with E-state index in [9.17, 15) is 9.59 Å². The van der Waals surface area contributed by atoms with Gasteiger partial charge in [-0.1, -0.05) is 27.2 Å². The molecule has 0 radical (unpaired) electrons. The van der Waals surface area contributed by atoms with Crippen molar-refractivity contribution in [1.82, 2.24) is 9.88 Å². The topological polar surface area (TPSA) is 62.4 Å². The summed E-state index contributed by atoms with van der Waals surface area (Å²) in [5.74, 6) is 1.36. The van der Waals surface area contributed by atoms with Gasteiger partial charge in [0.15, 0.2) is 5.78 Å². The predicted octanol–water partition coefficient (Wildman–Crippen LogP) is 5.04. The number of methoxy groups -OCH3 is 1.